The number of benzene rings is 3. The Morgan fingerprint density at radius 2 is 1.62 bits per heavy atom. The van der Waals surface area contributed by atoms with Gasteiger partial charge in [0, 0.05) is 42.2 Å². The first-order chi connectivity index (χ1) is 20.5. The van der Waals surface area contributed by atoms with Gasteiger partial charge in [0.1, 0.15) is 17.2 Å². The summed E-state index contributed by atoms with van der Waals surface area (Å²) in [6, 6.07) is 26.5. The molecule has 5 aromatic rings. The third-order valence-electron chi connectivity index (χ3n) is 6.34. The summed E-state index contributed by atoms with van der Waals surface area (Å²) in [6.07, 6.45) is 3.83. The average Bonchev–Trinajstić information content (AvgIpc) is 3.04. The van der Waals surface area contributed by atoms with E-state index in [1.807, 2.05) is 18.2 Å². The SMILES string of the molecule is COc1ccc(-n2ncc(Oc3cccc(OC)c3)c(Nc3ccc(C(=O)NCCc4ccccn4)cc3)c2=O)cc1. The molecule has 0 saturated carbocycles. The van der Waals surface area contributed by atoms with Crippen LogP contribution in [0.3, 0.4) is 0 Å². The zero-order valence-corrected chi connectivity index (χ0v) is 23.1. The van der Waals surface area contributed by atoms with Crippen molar-refractivity contribution in [2.24, 2.45) is 0 Å². The lowest BCUT2D eigenvalue weighted by molar-refractivity contribution is 0.0954. The van der Waals surface area contributed by atoms with Crippen molar-refractivity contribution in [2.45, 2.75) is 6.42 Å². The molecule has 2 heterocycles. The third-order valence-corrected chi connectivity index (χ3v) is 6.34. The van der Waals surface area contributed by atoms with Crippen LogP contribution < -0.4 is 30.4 Å². The van der Waals surface area contributed by atoms with E-state index in [1.54, 1.807) is 93.2 Å². The minimum absolute atomic E-state index is 0.163. The van der Waals surface area contributed by atoms with Gasteiger partial charge in [0.05, 0.1) is 26.1 Å². The summed E-state index contributed by atoms with van der Waals surface area (Å²) in [5.74, 6) is 1.75. The number of carbonyl (C=O) groups is 1. The van der Waals surface area contributed by atoms with E-state index in [0.717, 1.165) is 5.69 Å². The van der Waals surface area contributed by atoms with Crippen LogP contribution in [-0.4, -0.2) is 41.4 Å². The largest absolute Gasteiger partial charge is 0.497 e. The molecule has 212 valence electrons. The number of nitrogens with zero attached hydrogens (tertiary/aromatic N) is 3. The van der Waals surface area contributed by atoms with E-state index in [9.17, 15) is 9.59 Å². The molecule has 2 aromatic heterocycles. The Hall–Kier alpha value is -5.64. The predicted molar refractivity (Wildman–Crippen MR) is 159 cm³/mol. The Balaban J connectivity index is 1.38. The molecule has 10 nitrogen and oxygen atoms in total. The molecule has 42 heavy (non-hydrogen) atoms. The lowest BCUT2D eigenvalue weighted by Crippen LogP contribution is -2.26. The minimum Gasteiger partial charge on any atom is -0.497 e. The average molecular weight is 564 g/mol. The summed E-state index contributed by atoms with van der Waals surface area (Å²) < 4.78 is 17.9. The van der Waals surface area contributed by atoms with Gasteiger partial charge in [0.25, 0.3) is 11.5 Å². The van der Waals surface area contributed by atoms with Crippen molar-refractivity contribution < 1.29 is 19.0 Å². The van der Waals surface area contributed by atoms with Gasteiger partial charge in [-0.2, -0.15) is 9.78 Å². The van der Waals surface area contributed by atoms with E-state index >= 15 is 0 Å². The zero-order valence-electron chi connectivity index (χ0n) is 23.1. The molecule has 0 bridgehead atoms. The Labute approximate surface area is 242 Å². The van der Waals surface area contributed by atoms with E-state index in [-0.39, 0.29) is 17.3 Å². The van der Waals surface area contributed by atoms with E-state index in [4.69, 9.17) is 14.2 Å². The van der Waals surface area contributed by atoms with Crippen LogP contribution in [0.25, 0.3) is 5.69 Å². The Morgan fingerprint density at radius 3 is 2.33 bits per heavy atom. The zero-order chi connectivity index (χ0) is 29.3. The van der Waals surface area contributed by atoms with Crippen molar-refractivity contribution in [3.8, 4) is 28.7 Å². The topological polar surface area (TPSA) is 117 Å². The highest BCUT2D eigenvalue weighted by molar-refractivity contribution is 5.94. The van der Waals surface area contributed by atoms with Crippen molar-refractivity contribution in [3.63, 3.8) is 0 Å². The van der Waals surface area contributed by atoms with Crippen LogP contribution in [0, 0.1) is 0 Å². The van der Waals surface area contributed by atoms with Gasteiger partial charge in [-0.15, -0.1) is 0 Å². The third kappa shape index (κ3) is 6.73. The number of ether oxygens (including phenoxy) is 3. The van der Waals surface area contributed by atoms with Crippen molar-refractivity contribution in [1.29, 1.82) is 0 Å². The van der Waals surface area contributed by atoms with Crippen molar-refractivity contribution >= 4 is 17.3 Å². The Bertz CT molecular complexity index is 1710. The molecule has 0 atom stereocenters. The number of methoxy groups -OCH3 is 2. The van der Waals surface area contributed by atoms with Crippen LogP contribution in [0.15, 0.2) is 108 Å². The maximum Gasteiger partial charge on any atom is 0.299 e. The van der Waals surface area contributed by atoms with Gasteiger partial charge in [0.15, 0.2) is 11.4 Å². The Morgan fingerprint density at radius 1 is 0.857 bits per heavy atom. The number of aromatic nitrogens is 3. The molecule has 1 amide bonds. The maximum atomic E-state index is 13.7. The molecule has 3 aromatic carbocycles. The summed E-state index contributed by atoms with van der Waals surface area (Å²) in [5.41, 5.74) is 2.25. The van der Waals surface area contributed by atoms with Crippen molar-refractivity contribution in [2.75, 3.05) is 26.1 Å². The summed E-state index contributed by atoms with van der Waals surface area (Å²) in [4.78, 5) is 30.6. The lowest BCUT2D eigenvalue weighted by Gasteiger charge is -2.15. The highest BCUT2D eigenvalue weighted by Crippen LogP contribution is 2.30. The minimum atomic E-state index is -0.433. The molecule has 0 fully saturated rings. The summed E-state index contributed by atoms with van der Waals surface area (Å²) in [6.45, 7) is 0.461. The van der Waals surface area contributed by atoms with E-state index < -0.39 is 5.56 Å². The summed E-state index contributed by atoms with van der Waals surface area (Å²) in [7, 11) is 3.14. The smallest absolute Gasteiger partial charge is 0.299 e. The van der Waals surface area contributed by atoms with Gasteiger partial charge in [0.2, 0.25) is 0 Å². The van der Waals surface area contributed by atoms with Gasteiger partial charge < -0.3 is 24.8 Å². The molecule has 0 radical (unpaired) electrons. The number of hydrogen-bond acceptors (Lipinski definition) is 8. The number of pyridine rings is 1. The van der Waals surface area contributed by atoms with Crippen molar-refractivity contribution in [1.82, 2.24) is 20.1 Å². The standard InChI is InChI=1S/C32H29N5O5/c1-40-26-15-13-25(14-16-26)37-32(39)30(29(21-35-37)42-28-8-5-7-27(20-28)41-2)36-24-11-9-22(10-12-24)31(38)34-19-17-23-6-3-4-18-33-23/h3-16,18,20-21,36H,17,19H2,1-2H3,(H,34,38). The van der Waals surface area contributed by atoms with Gasteiger partial charge >= 0.3 is 0 Å². The van der Waals surface area contributed by atoms with Gasteiger partial charge in [-0.25, -0.2) is 0 Å². The number of hydrogen-bond donors (Lipinski definition) is 2. The molecule has 0 aliphatic rings. The molecule has 0 aliphatic carbocycles. The summed E-state index contributed by atoms with van der Waals surface area (Å²) in [5, 5.41) is 10.4. The van der Waals surface area contributed by atoms with Crippen LogP contribution in [0.5, 0.6) is 23.0 Å². The summed E-state index contributed by atoms with van der Waals surface area (Å²) >= 11 is 0. The molecule has 5 rings (SSSR count). The van der Waals surface area contributed by atoms with Crippen LogP contribution in [0.2, 0.25) is 0 Å². The van der Waals surface area contributed by atoms with Crippen LogP contribution >= 0.6 is 0 Å². The molecule has 0 saturated heterocycles. The monoisotopic (exact) mass is 563 g/mol. The number of amides is 1. The fourth-order valence-electron chi connectivity index (χ4n) is 4.13. The quantitative estimate of drug-likeness (QED) is 0.227. The van der Waals surface area contributed by atoms with E-state index in [0.29, 0.717) is 47.2 Å². The fraction of sp³-hybridized carbons (Fsp3) is 0.125. The van der Waals surface area contributed by atoms with Crippen LogP contribution in [-0.2, 0) is 6.42 Å². The van der Waals surface area contributed by atoms with Crippen LogP contribution in [0.1, 0.15) is 16.1 Å². The second kappa shape index (κ2) is 13.1. The number of rotatable bonds is 11. The number of nitrogens with one attached hydrogen (secondary N) is 2. The predicted octanol–water partition coefficient (Wildman–Crippen LogP) is 5.15. The van der Waals surface area contributed by atoms with Gasteiger partial charge in [-0.3, -0.25) is 14.6 Å². The van der Waals surface area contributed by atoms with E-state index in [1.165, 1.54) is 10.9 Å². The first-order valence-electron chi connectivity index (χ1n) is 13.2. The molecular weight excluding hydrogens is 534 g/mol. The lowest BCUT2D eigenvalue weighted by atomic mass is 10.2. The maximum absolute atomic E-state index is 13.7. The molecule has 0 aliphatic heterocycles. The van der Waals surface area contributed by atoms with Gasteiger partial charge in [-0.05, 0) is 72.8 Å². The first-order valence-corrected chi connectivity index (χ1v) is 13.2. The second-order valence-electron chi connectivity index (χ2n) is 9.11. The highest BCUT2D eigenvalue weighted by atomic mass is 16.5. The number of carbonyl (C=O) groups excluding carboxylic acids is 1. The highest BCUT2D eigenvalue weighted by Gasteiger charge is 2.16. The normalized spacial score (nSPS) is 10.5. The molecule has 2 N–H and O–H groups in total. The molecule has 10 heteroatoms. The second-order valence-corrected chi connectivity index (χ2v) is 9.11. The van der Waals surface area contributed by atoms with Crippen LogP contribution in [0.4, 0.5) is 11.4 Å². The van der Waals surface area contributed by atoms with Crippen molar-refractivity contribution in [3.05, 3.63) is 125 Å². The fourth-order valence-corrected chi connectivity index (χ4v) is 4.13. The van der Waals surface area contributed by atoms with E-state index in [2.05, 4.69) is 20.7 Å². The van der Waals surface area contributed by atoms with Gasteiger partial charge in [-0.1, -0.05) is 12.1 Å². The molecular formula is C32H29N5O5. The molecule has 0 spiro atoms. The molecule has 0 unspecified atom stereocenters. The number of anilines is 2. The first kappa shape index (κ1) is 27.9. The Kier molecular flexibility index (Phi) is 8.73.